The molecule has 1 saturated heterocycles. The third-order valence-corrected chi connectivity index (χ3v) is 4.00. The number of aliphatic imine (C=N–C) groups is 1. The first-order valence-electron chi connectivity index (χ1n) is 7.81. The molecule has 1 aliphatic rings. The SMILES string of the molecule is C/C=C/CCNC(=NC)NC1CCN(c2cccc(Cl)c2)C1. The molecule has 1 aromatic rings. The van der Waals surface area contributed by atoms with Gasteiger partial charge in [-0.1, -0.05) is 29.8 Å². The molecular formula is C17H25ClN4. The van der Waals surface area contributed by atoms with Crippen LogP contribution in [-0.2, 0) is 0 Å². The van der Waals surface area contributed by atoms with Crippen LogP contribution < -0.4 is 15.5 Å². The maximum absolute atomic E-state index is 6.07. The Kier molecular flexibility index (Phi) is 6.59. The summed E-state index contributed by atoms with van der Waals surface area (Å²) < 4.78 is 0. The molecule has 1 aliphatic heterocycles. The zero-order valence-corrected chi connectivity index (χ0v) is 14.1. The Morgan fingerprint density at radius 2 is 2.36 bits per heavy atom. The number of benzene rings is 1. The Bertz CT molecular complexity index is 527. The molecule has 0 amide bonds. The first-order valence-corrected chi connectivity index (χ1v) is 8.19. The van der Waals surface area contributed by atoms with E-state index in [4.69, 9.17) is 11.6 Å². The van der Waals surface area contributed by atoms with Gasteiger partial charge in [-0.2, -0.15) is 0 Å². The summed E-state index contributed by atoms with van der Waals surface area (Å²) in [6.45, 7) is 4.94. The van der Waals surface area contributed by atoms with E-state index in [9.17, 15) is 0 Å². The van der Waals surface area contributed by atoms with Crippen molar-refractivity contribution in [2.45, 2.75) is 25.8 Å². The van der Waals surface area contributed by atoms with Crippen molar-refractivity contribution >= 4 is 23.2 Å². The van der Waals surface area contributed by atoms with Gasteiger partial charge in [0.25, 0.3) is 0 Å². The minimum Gasteiger partial charge on any atom is -0.369 e. The van der Waals surface area contributed by atoms with Crippen LogP contribution in [0.1, 0.15) is 19.8 Å². The molecule has 1 heterocycles. The van der Waals surface area contributed by atoms with Gasteiger partial charge in [-0.25, -0.2) is 0 Å². The lowest BCUT2D eigenvalue weighted by Gasteiger charge is -2.20. The molecule has 1 fully saturated rings. The molecule has 5 heteroatoms. The van der Waals surface area contributed by atoms with Gasteiger partial charge < -0.3 is 15.5 Å². The van der Waals surface area contributed by atoms with Gasteiger partial charge >= 0.3 is 0 Å². The minimum atomic E-state index is 0.409. The molecule has 0 bridgehead atoms. The second kappa shape index (κ2) is 8.69. The Labute approximate surface area is 138 Å². The van der Waals surface area contributed by atoms with Crippen molar-refractivity contribution in [2.24, 2.45) is 4.99 Å². The van der Waals surface area contributed by atoms with Gasteiger partial charge in [-0.3, -0.25) is 4.99 Å². The number of guanidine groups is 1. The summed E-state index contributed by atoms with van der Waals surface area (Å²) in [4.78, 5) is 6.65. The molecule has 1 atom stereocenters. The van der Waals surface area contributed by atoms with Gasteiger partial charge in [0.05, 0.1) is 0 Å². The van der Waals surface area contributed by atoms with E-state index >= 15 is 0 Å². The summed E-state index contributed by atoms with van der Waals surface area (Å²) in [7, 11) is 1.81. The average Bonchev–Trinajstić information content (AvgIpc) is 2.99. The van der Waals surface area contributed by atoms with Crippen LogP contribution in [0, 0.1) is 0 Å². The fraction of sp³-hybridized carbons (Fsp3) is 0.471. The fourth-order valence-electron chi connectivity index (χ4n) is 2.61. The number of allylic oxidation sites excluding steroid dienone is 1. The normalized spacial score (nSPS) is 19.0. The van der Waals surface area contributed by atoms with Crippen molar-refractivity contribution in [3.8, 4) is 0 Å². The molecule has 4 nitrogen and oxygen atoms in total. The number of nitrogens with zero attached hydrogens (tertiary/aromatic N) is 2. The first-order chi connectivity index (χ1) is 10.7. The second-order valence-corrected chi connectivity index (χ2v) is 5.85. The lowest BCUT2D eigenvalue weighted by Crippen LogP contribution is -2.44. The summed E-state index contributed by atoms with van der Waals surface area (Å²) in [6.07, 6.45) is 6.33. The summed E-state index contributed by atoms with van der Waals surface area (Å²) in [5.41, 5.74) is 1.19. The van der Waals surface area contributed by atoms with Gasteiger partial charge in [-0.15, -0.1) is 0 Å². The maximum atomic E-state index is 6.07. The molecule has 0 spiro atoms. The van der Waals surface area contributed by atoms with Crippen LogP contribution >= 0.6 is 11.6 Å². The van der Waals surface area contributed by atoms with E-state index in [1.807, 2.05) is 32.2 Å². The number of hydrogen-bond donors (Lipinski definition) is 2. The van der Waals surface area contributed by atoms with Gasteiger partial charge in [0.2, 0.25) is 0 Å². The van der Waals surface area contributed by atoms with Crippen LogP contribution in [0.15, 0.2) is 41.4 Å². The lowest BCUT2D eigenvalue weighted by molar-refractivity contribution is 0.649. The van der Waals surface area contributed by atoms with E-state index in [1.54, 1.807) is 0 Å². The Morgan fingerprint density at radius 1 is 1.50 bits per heavy atom. The van der Waals surface area contributed by atoms with Crippen LogP contribution in [-0.4, -0.2) is 38.7 Å². The fourth-order valence-corrected chi connectivity index (χ4v) is 2.80. The molecule has 22 heavy (non-hydrogen) atoms. The van der Waals surface area contributed by atoms with Crippen molar-refractivity contribution in [2.75, 3.05) is 31.6 Å². The number of halogens is 1. The number of anilines is 1. The van der Waals surface area contributed by atoms with Crippen molar-refractivity contribution in [3.05, 3.63) is 41.4 Å². The predicted octanol–water partition coefficient (Wildman–Crippen LogP) is 3.05. The smallest absolute Gasteiger partial charge is 0.191 e. The van der Waals surface area contributed by atoms with Crippen LogP contribution in [0.2, 0.25) is 5.02 Å². The summed E-state index contributed by atoms with van der Waals surface area (Å²) in [5, 5.41) is 7.63. The van der Waals surface area contributed by atoms with Gasteiger partial charge in [0, 0.05) is 43.4 Å². The topological polar surface area (TPSA) is 39.7 Å². The van der Waals surface area contributed by atoms with E-state index in [1.165, 1.54) is 5.69 Å². The third kappa shape index (κ3) is 4.95. The van der Waals surface area contributed by atoms with E-state index in [2.05, 4.69) is 38.7 Å². The molecule has 0 aromatic heterocycles. The molecule has 1 aromatic carbocycles. The first kappa shape index (κ1) is 16.7. The Balaban J connectivity index is 1.82. The number of rotatable bonds is 5. The molecule has 0 saturated carbocycles. The molecular weight excluding hydrogens is 296 g/mol. The van der Waals surface area contributed by atoms with Gasteiger partial charge in [0.1, 0.15) is 0 Å². The van der Waals surface area contributed by atoms with Gasteiger partial charge in [-0.05, 0) is 38.0 Å². The largest absolute Gasteiger partial charge is 0.369 e. The van der Waals surface area contributed by atoms with Gasteiger partial charge in [0.15, 0.2) is 5.96 Å². The predicted molar refractivity (Wildman–Crippen MR) is 96.0 cm³/mol. The molecule has 0 radical (unpaired) electrons. The zero-order chi connectivity index (χ0) is 15.8. The minimum absolute atomic E-state index is 0.409. The summed E-state index contributed by atoms with van der Waals surface area (Å²) >= 11 is 6.07. The number of nitrogens with one attached hydrogen (secondary N) is 2. The highest BCUT2D eigenvalue weighted by molar-refractivity contribution is 6.30. The average molecular weight is 321 g/mol. The van der Waals surface area contributed by atoms with E-state index in [0.29, 0.717) is 6.04 Å². The standard InChI is InChI=1S/C17H25ClN4/c1-3-4-5-10-20-17(19-2)21-15-9-11-22(13-15)16-8-6-7-14(18)12-16/h3-4,6-8,12,15H,5,9-11,13H2,1-2H3,(H2,19,20,21)/b4-3+. The highest BCUT2D eigenvalue weighted by atomic mass is 35.5. The van der Waals surface area contributed by atoms with Crippen LogP contribution in [0.4, 0.5) is 5.69 Å². The van der Waals surface area contributed by atoms with Crippen molar-refractivity contribution in [1.82, 2.24) is 10.6 Å². The zero-order valence-electron chi connectivity index (χ0n) is 13.3. The highest BCUT2D eigenvalue weighted by Crippen LogP contribution is 2.23. The summed E-state index contributed by atoms with van der Waals surface area (Å²) in [6, 6.07) is 8.45. The Morgan fingerprint density at radius 3 is 3.09 bits per heavy atom. The quantitative estimate of drug-likeness (QED) is 0.379. The molecule has 2 rings (SSSR count). The maximum Gasteiger partial charge on any atom is 0.191 e. The van der Waals surface area contributed by atoms with Crippen LogP contribution in [0.5, 0.6) is 0 Å². The summed E-state index contributed by atoms with van der Waals surface area (Å²) in [5.74, 6) is 0.877. The van der Waals surface area contributed by atoms with Crippen molar-refractivity contribution in [3.63, 3.8) is 0 Å². The Hall–Kier alpha value is -1.68. The van der Waals surface area contributed by atoms with Crippen molar-refractivity contribution < 1.29 is 0 Å². The molecule has 0 aliphatic carbocycles. The second-order valence-electron chi connectivity index (χ2n) is 5.41. The van der Waals surface area contributed by atoms with E-state index in [0.717, 1.165) is 43.5 Å². The monoisotopic (exact) mass is 320 g/mol. The molecule has 120 valence electrons. The van der Waals surface area contributed by atoms with E-state index < -0.39 is 0 Å². The van der Waals surface area contributed by atoms with Crippen LogP contribution in [0.3, 0.4) is 0 Å². The number of hydrogen-bond acceptors (Lipinski definition) is 2. The highest BCUT2D eigenvalue weighted by Gasteiger charge is 2.23. The van der Waals surface area contributed by atoms with E-state index in [-0.39, 0.29) is 0 Å². The molecule has 1 unspecified atom stereocenters. The molecule has 2 N–H and O–H groups in total. The third-order valence-electron chi connectivity index (χ3n) is 3.77. The lowest BCUT2D eigenvalue weighted by atomic mass is 10.2. The van der Waals surface area contributed by atoms with Crippen molar-refractivity contribution in [1.29, 1.82) is 0 Å². The van der Waals surface area contributed by atoms with Crippen LogP contribution in [0.25, 0.3) is 0 Å².